The van der Waals surface area contributed by atoms with E-state index in [1.807, 2.05) is 0 Å². The Kier molecular flexibility index (Phi) is 4.67. The molecule has 0 atom stereocenters. The van der Waals surface area contributed by atoms with Gasteiger partial charge in [-0.05, 0) is 48.6 Å². The number of hydrogen-bond donors (Lipinski definition) is 2. The first-order valence-electron chi connectivity index (χ1n) is 6.87. The Morgan fingerprint density at radius 2 is 2.04 bits per heavy atom. The van der Waals surface area contributed by atoms with E-state index in [1.165, 1.54) is 41.7 Å². The number of rotatable bonds is 3. The highest BCUT2D eigenvalue weighted by Crippen LogP contribution is 2.27. The molecule has 6 nitrogen and oxygen atoms in total. The maximum atomic E-state index is 12.8. The number of nitrogens with one attached hydrogen (secondary N) is 1. The van der Waals surface area contributed by atoms with Crippen LogP contribution in [0.3, 0.4) is 0 Å². The van der Waals surface area contributed by atoms with Crippen LogP contribution in [0.4, 0.5) is 5.69 Å². The van der Waals surface area contributed by atoms with Gasteiger partial charge in [-0.3, -0.25) is 19.8 Å². The Hall–Kier alpha value is -2.55. The van der Waals surface area contributed by atoms with Crippen molar-refractivity contribution < 1.29 is 19.5 Å². The lowest BCUT2D eigenvalue weighted by molar-refractivity contribution is -0.122. The van der Waals surface area contributed by atoms with Crippen molar-refractivity contribution in [2.75, 3.05) is 4.90 Å². The fraction of sp³-hybridized carbons (Fsp3) is 0. The van der Waals surface area contributed by atoms with Gasteiger partial charge in [-0.1, -0.05) is 17.7 Å². The highest BCUT2D eigenvalue weighted by atomic mass is 35.5. The summed E-state index contributed by atoms with van der Waals surface area (Å²) in [6.07, 6.45) is 1.42. The van der Waals surface area contributed by atoms with Crippen LogP contribution in [0.2, 0.25) is 4.34 Å². The number of hydrogen-bond acceptors (Lipinski definition) is 5. The SMILES string of the molecule is O=C1NC(=S)N(c2cccc(C(=O)O)c2)C(=O)C1=Cc1ccc(Cl)s1. The van der Waals surface area contributed by atoms with Gasteiger partial charge in [0.1, 0.15) is 5.57 Å². The molecule has 0 unspecified atom stereocenters. The van der Waals surface area contributed by atoms with Gasteiger partial charge in [0.05, 0.1) is 15.6 Å². The van der Waals surface area contributed by atoms with Crippen LogP contribution in [0.25, 0.3) is 6.08 Å². The summed E-state index contributed by atoms with van der Waals surface area (Å²) >= 11 is 12.2. The van der Waals surface area contributed by atoms with Gasteiger partial charge in [0.2, 0.25) is 0 Å². The first kappa shape index (κ1) is 17.3. The second kappa shape index (κ2) is 6.75. The topological polar surface area (TPSA) is 86.7 Å². The zero-order chi connectivity index (χ0) is 18.1. The summed E-state index contributed by atoms with van der Waals surface area (Å²) in [5.41, 5.74) is 0.137. The number of nitrogens with zero attached hydrogens (tertiary/aromatic N) is 1. The number of aromatic carboxylic acids is 1. The lowest BCUT2D eigenvalue weighted by atomic mass is 10.1. The quantitative estimate of drug-likeness (QED) is 0.476. The van der Waals surface area contributed by atoms with E-state index in [1.54, 1.807) is 12.1 Å². The van der Waals surface area contributed by atoms with E-state index >= 15 is 0 Å². The molecule has 1 saturated heterocycles. The Morgan fingerprint density at radius 1 is 1.28 bits per heavy atom. The molecule has 0 saturated carbocycles. The number of thiocarbonyl (C=S) groups is 1. The molecule has 2 aromatic rings. The predicted molar refractivity (Wildman–Crippen MR) is 98.9 cm³/mol. The number of halogens is 1. The number of carbonyl (C=O) groups is 3. The molecular formula is C16H9ClN2O4S2. The van der Waals surface area contributed by atoms with Crippen LogP contribution in [-0.2, 0) is 9.59 Å². The Labute approximate surface area is 156 Å². The number of carboxylic acid groups (broad SMARTS) is 1. The van der Waals surface area contributed by atoms with E-state index in [0.29, 0.717) is 9.21 Å². The number of carbonyl (C=O) groups excluding carboxylic acids is 2. The third-order valence-corrected chi connectivity index (χ3v) is 4.80. The fourth-order valence-corrected chi connectivity index (χ4v) is 3.50. The number of anilines is 1. The lowest BCUT2D eigenvalue weighted by Crippen LogP contribution is -2.54. The fourth-order valence-electron chi connectivity index (χ4n) is 2.22. The number of thiophene rings is 1. The van der Waals surface area contributed by atoms with Gasteiger partial charge in [-0.2, -0.15) is 0 Å². The van der Waals surface area contributed by atoms with Crippen molar-refractivity contribution in [3.8, 4) is 0 Å². The van der Waals surface area contributed by atoms with Crippen LogP contribution >= 0.6 is 35.2 Å². The Bertz CT molecular complexity index is 951. The summed E-state index contributed by atoms with van der Waals surface area (Å²) in [4.78, 5) is 37.8. The van der Waals surface area contributed by atoms with E-state index in [4.69, 9.17) is 28.9 Å². The van der Waals surface area contributed by atoms with Gasteiger partial charge in [0, 0.05) is 4.88 Å². The Morgan fingerprint density at radius 3 is 2.68 bits per heavy atom. The molecule has 2 amide bonds. The standard InChI is InChI=1S/C16H9ClN2O4S2/c17-12-5-4-10(25-12)7-11-13(20)18-16(24)19(14(11)21)9-3-1-2-8(6-9)15(22)23/h1-7H,(H,22,23)(H,18,20,24). The first-order valence-corrected chi connectivity index (χ1v) is 8.47. The van der Waals surface area contributed by atoms with Crippen molar-refractivity contribution in [2.45, 2.75) is 0 Å². The molecule has 1 aromatic carbocycles. The van der Waals surface area contributed by atoms with Crippen molar-refractivity contribution in [3.63, 3.8) is 0 Å². The largest absolute Gasteiger partial charge is 0.478 e. The van der Waals surface area contributed by atoms with Crippen molar-refractivity contribution in [2.24, 2.45) is 0 Å². The van der Waals surface area contributed by atoms with Crippen LogP contribution in [0.15, 0.2) is 42.0 Å². The van der Waals surface area contributed by atoms with Crippen molar-refractivity contribution in [1.82, 2.24) is 5.32 Å². The smallest absolute Gasteiger partial charge is 0.335 e. The van der Waals surface area contributed by atoms with E-state index in [-0.39, 0.29) is 21.9 Å². The highest BCUT2D eigenvalue weighted by molar-refractivity contribution is 7.80. The molecule has 25 heavy (non-hydrogen) atoms. The van der Waals surface area contributed by atoms with Gasteiger partial charge < -0.3 is 5.11 Å². The molecule has 2 heterocycles. The summed E-state index contributed by atoms with van der Waals surface area (Å²) in [6.45, 7) is 0. The molecule has 1 fully saturated rings. The molecule has 2 N–H and O–H groups in total. The first-order chi connectivity index (χ1) is 11.9. The molecule has 1 aliphatic heterocycles. The summed E-state index contributed by atoms with van der Waals surface area (Å²) in [5.74, 6) is -2.39. The average molecular weight is 393 g/mol. The molecule has 3 rings (SSSR count). The molecule has 126 valence electrons. The monoisotopic (exact) mass is 392 g/mol. The number of carboxylic acids is 1. The maximum Gasteiger partial charge on any atom is 0.335 e. The third kappa shape index (κ3) is 3.46. The van der Waals surface area contributed by atoms with Crippen LogP contribution in [0, 0.1) is 0 Å². The lowest BCUT2D eigenvalue weighted by Gasteiger charge is -2.29. The van der Waals surface area contributed by atoms with Gasteiger partial charge in [0.25, 0.3) is 11.8 Å². The molecule has 0 bridgehead atoms. The second-order valence-electron chi connectivity index (χ2n) is 4.96. The summed E-state index contributed by atoms with van der Waals surface area (Å²) < 4.78 is 0.525. The normalized spacial score (nSPS) is 16.3. The van der Waals surface area contributed by atoms with Crippen LogP contribution in [0.1, 0.15) is 15.2 Å². The number of benzene rings is 1. The highest BCUT2D eigenvalue weighted by Gasteiger charge is 2.34. The minimum atomic E-state index is -1.13. The molecular weight excluding hydrogens is 384 g/mol. The zero-order valence-corrected chi connectivity index (χ0v) is 14.7. The van der Waals surface area contributed by atoms with Gasteiger partial charge in [0.15, 0.2) is 5.11 Å². The molecule has 9 heteroatoms. The van der Waals surface area contributed by atoms with Gasteiger partial charge in [-0.15, -0.1) is 11.3 Å². The molecule has 1 aromatic heterocycles. The van der Waals surface area contributed by atoms with Crippen molar-refractivity contribution in [1.29, 1.82) is 0 Å². The molecule has 0 aliphatic carbocycles. The molecule has 0 spiro atoms. The summed E-state index contributed by atoms with van der Waals surface area (Å²) in [6, 6.07) is 9.07. The van der Waals surface area contributed by atoms with Crippen LogP contribution in [0.5, 0.6) is 0 Å². The maximum absolute atomic E-state index is 12.8. The van der Waals surface area contributed by atoms with E-state index < -0.39 is 17.8 Å². The summed E-state index contributed by atoms with van der Waals surface area (Å²) in [5, 5.41) is 11.4. The average Bonchev–Trinajstić information content (AvgIpc) is 2.97. The molecule has 0 radical (unpaired) electrons. The van der Waals surface area contributed by atoms with Crippen molar-refractivity contribution in [3.05, 3.63) is 56.7 Å². The van der Waals surface area contributed by atoms with Gasteiger partial charge >= 0.3 is 5.97 Å². The van der Waals surface area contributed by atoms with E-state index in [9.17, 15) is 14.4 Å². The van der Waals surface area contributed by atoms with E-state index in [0.717, 1.165) is 4.90 Å². The number of amides is 2. The Balaban J connectivity index is 2.02. The van der Waals surface area contributed by atoms with Crippen LogP contribution in [-0.4, -0.2) is 28.0 Å². The van der Waals surface area contributed by atoms with Gasteiger partial charge in [-0.25, -0.2) is 4.79 Å². The van der Waals surface area contributed by atoms with Crippen LogP contribution < -0.4 is 10.2 Å². The minimum absolute atomic E-state index is 0.000526. The second-order valence-corrected chi connectivity index (χ2v) is 7.09. The minimum Gasteiger partial charge on any atom is -0.478 e. The van der Waals surface area contributed by atoms with Crippen molar-refractivity contribution >= 4 is 69.8 Å². The zero-order valence-electron chi connectivity index (χ0n) is 12.4. The third-order valence-electron chi connectivity index (χ3n) is 3.33. The predicted octanol–water partition coefficient (Wildman–Crippen LogP) is 2.93. The molecule has 1 aliphatic rings. The summed E-state index contributed by atoms with van der Waals surface area (Å²) in [7, 11) is 0. The van der Waals surface area contributed by atoms with E-state index in [2.05, 4.69) is 5.32 Å².